The third kappa shape index (κ3) is 7.39. The molecular weight excluding hydrogens is 378 g/mol. The second kappa shape index (κ2) is 12.5. The summed E-state index contributed by atoms with van der Waals surface area (Å²) in [5.74, 6) is -0.633. The van der Waals surface area contributed by atoms with Crippen LogP contribution < -0.4 is 11.2 Å². The number of carbonyl (C=O) groups excluding carboxylic acids is 1. The Hall–Kier alpha value is -1.09. The van der Waals surface area contributed by atoms with Crippen molar-refractivity contribution in [1.29, 1.82) is 0 Å². The smallest absolute Gasteiger partial charge is 0.331 e. The first-order valence-electron chi connectivity index (χ1n) is 9.90. The molecule has 0 aromatic heterocycles. The molecule has 0 spiro atoms. The van der Waals surface area contributed by atoms with E-state index < -0.39 is 16.9 Å². The Kier molecular flexibility index (Phi) is 12.0. The van der Waals surface area contributed by atoms with Gasteiger partial charge in [0.15, 0.2) is 5.54 Å². The van der Waals surface area contributed by atoms with E-state index in [1.54, 1.807) is 26.8 Å². The first-order chi connectivity index (χ1) is 13.0. The fourth-order valence-corrected chi connectivity index (χ4v) is 3.12. The molecule has 1 unspecified atom stereocenters. The van der Waals surface area contributed by atoms with Gasteiger partial charge in [-0.25, -0.2) is 10.2 Å². The van der Waals surface area contributed by atoms with E-state index in [-0.39, 0.29) is 37.9 Å². The van der Waals surface area contributed by atoms with Crippen molar-refractivity contribution in [2.24, 2.45) is 17.1 Å². The molecule has 0 heterocycles. The lowest BCUT2D eigenvalue weighted by Crippen LogP contribution is -2.69. The molecular formula is C20H39N3O4S. The minimum absolute atomic E-state index is 0.0656. The zero-order valence-electron chi connectivity index (χ0n) is 17.9. The van der Waals surface area contributed by atoms with Crippen LogP contribution >= 0.6 is 12.6 Å². The number of hydrogen-bond donors (Lipinski definition) is 5. The van der Waals surface area contributed by atoms with E-state index in [4.69, 9.17) is 5.73 Å². The van der Waals surface area contributed by atoms with Crippen LogP contribution in [-0.2, 0) is 9.59 Å². The standard InChI is InChI=1S/C20H39N3O4S/c1-6-15(2)9-7-8-10-17(25)23(22-13-16(21)14-28)20(11-12-24,18(26)27)19(3,4)5/h7-8,15-16,22,24,28H,6,9-14,21H2,1-5H3,(H,26,27)/b8-7+/t15-,16?,20-/m0/s1. The van der Waals surface area contributed by atoms with Crippen molar-refractivity contribution in [3.8, 4) is 0 Å². The average molecular weight is 418 g/mol. The maximum atomic E-state index is 13.0. The Morgan fingerprint density at radius 3 is 2.32 bits per heavy atom. The topological polar surface area (TPSA) is 116 Å². The molecule has 0 aliphatic rings. The minimum atomic E-state index is -1.63. The van der Waals surface area contributed by atoms with Crippen LogP contribution in [0.1, 0.15) is 60.3 Å². The maximum Gasteiger partial charge on any atom is 0.331 e. The number of aliphatic hydroxyl groups is 1. The number of hydrogen-bond acceptors (Lipinski definition) is 6. The number of amides is 1. The van der Waals surface area contributed by atoms with E-state index >= 15 is 0 Å². The molecule has 8 heteroatoms. The number of nitrogens with two attached hydrogens (primary N) is 1. The van der Waals surface area contributed by atoms with Gasteiger partial charge < -0.3 is 15.9 Å². The molecule has 5 N–H and O–H groups in total. The number of rotatable bonds is 13. The quantitative estimate of drug-likeness (QED) is 0.178. The Balaban J connectivity index is 5.79. The molecule has 0 rings (SSSR count). The third-order valence-electron chi connectivity index (χ3n) is 5.14. The number of nitrogens with zero attached hydrogens (tertiary/aromatic N) is 1. The van der Waals surface area contributed by atoms with Gasteiger partial charge in [0.1, 0.15) is 0 Å². The normalized spacial score (nSPS) is 16.6. The summed E-state index contributed by atoms with van der Waals surface area (Å²) in [6.45, 7) is 9.32. The van der Waals surface area contributed by atoms with Gasteiger partial charge in [0.2, 0.25) is 5.91 Å². The van der Waals surface area contributed by atoms with Crippen molar-refractivity contribution in [2.75, 3.05) is 18.9 Å². The van der Waals surface area contributed by atoms with Crippen molar-refractivity contribution in [1.82, 2.24) is 10.4 Å². The van der Waals surface area contributed by atoms with Gasteiger partial charge in [-0.05, 0) is 17.8 Å². The summed E-state index contributed by atoms with van der Waals surface area (Å²) >= 11 is 4.14. The highest BCUT2D eigenvalue weighted by Gasteiger charge is 2.55. The van der Waals surface area contributed by atoms with Crippen molar-refractivity contribution < 1.29 is 19.8 Å². The van der Waals surface area contributed by atoms with Crippen LogP contribution in [0, 0.1) is 11.3 Å². The van der Waals surface area contributed by atoms with Crippen molar-refractivity contribution in [3.05, 3.63) is 12.2 Å². The van der Waals surface area contributed by atoms with Gasteiger partial charge >= 0.3 is 5.97 Å². The van der Waals surface area contributed by atoms with Crippen LogP contribution in [0.2, 0.25) is 0 Å². The molecule has 1 amide bonds. The molecule has 0 bridgehead atoms. The van der Waals surface area contributed by atoms with Crippen LogP contribution in [0.3, 0.4) is 0 Å². The molecule has 7 nitrogen and oxygen atoms in total. The number of allylic oxidation sites excluding steroid dienone is 1. The van der Waals surface area contributed by atoms with E-state index in [1.165, 1.54) is 5.01 Å². The van der Waals surface area contributed by atoms with Crippen LogP contribution in [0.25, 0.3) is 0 Å². The summed E-state index contributed by atoms with van der Waals surface area (Å²) in [6, 6.07) is -0.347. The van der Waals surface area contributed by atoms with Gasteiger partial charge in [-0.3, -0.25) is 9.80 Å². The lowest BCUT2D eigenvalue weighted by atomic mass is 9.70. The molecule has 0 aliphatic heterocycles. The number of hydrazine groups is 1. The van der Waals surface area contributed by atoms with Gasteiger partial charge in [-0.1, -0.05) is 53.2 Å². The zero-order valence-corrected chi connectivity index (χ0v) is 18.8. The predicted octanol–water partition coefficient (Wildman–Crippen LogP) is 2.21. The maximum absolute atomic E-state index is 13.0. The van der Waals surface area contributed by atoms with Crippen molar-refractivity contribution >= 4 is 24.5 Å². The molecule has 0 aliphatic carbocycles. The summed E-state index contributed by atoms with van der Waals surface area (Å²) in [6.07, 6.45) is 5.61. The number of aliphatic carboxylic acids is 1. The van der Waals surface area contributed by atoms with E-state index in [2.05, 4.69) is 31.9 Å². The average Bonchev–Trinajstić information content (AvgIpc) is 2.62. The monoisotopic (exact) mass is 417 g/mol. The van der Waals surface area contributed by atoms with E-state index in [0.717, 1.165) is 12.8 Å². The van der Waals surface area contributed by atoms with Crippen LogP contribution in [0.15, 0.2) is 12.2 Å². The Morgan fingerprint density at radius 1 is 1.29 bits per heavy atom. The highest BCUT2D eigenvalue weighted by Crippen LogP contribution is 2.38. The minimum Gasteiger partial charge on any atom is -0.479 e. The molecule has 164 valence electrons. The van der Waals surface area contributed by atoms with E-state index in [9.17, 15) is 19.8 Å². The molecule has 0 aromatic carbocycles. The fourth-order valence-electron chi connectivity index (χ4n) is 2.99. The van der Waals surface area contributed by atoms with Gasteiger partial charge in [0.05, 0.1) is 0 Å². The molecule has 0 saturated heterocycles. The predicted molar refractivity (Wildman–Crippen MR) is 116 cm³/mol. The number of thiol groups is 1. The van der Waals surface area contributed by atoms with Crippen molar-refractivity contribution in [2.45, 2.75) is 71.9 Å². The summed E-state index contributed by atoms with van der Waals surface area (Å²) in [5.41, 5.74) is 6.37. The largest absolute Gasteiger partial charge is 0.479 e. The summed E-state index contributed by atoms with van der Waals surface area (Å²) < 4.78 is 0. The van der Waals surface area contributed by atoms with E-state index in [1.807, 2.05) is 6.08 Å². The van der Waals surface area contributed by atoms with E-state index in [0.29, 0.717) is 11.7 Å². The van der Waals surface area contributed by atoms with Crippen LogP contribution in [-0.4, -0.2) is 57.6 Å². The number of aliphatic hydroxyl groups excluding tert-OH is 1. The first kappa shape index (κ1) is 26.9. The van der Waals surface area contributed by atoms with Gasteiger partial charge in [0.25, 0.3) is 0 Å². The summed E-state index contributed by atoms with van der Waals surface area (Å²) in [7, 11) is 0. The van der Waals surface area contributed by atoms with Gasteiger partial charge in [-0.15, -0.1) is 0 Å². The second-order valence-electron chi connectivity index (χ2n) is 8.35. The molecule has 0 radical (unpaired) electrons. The number of carbonyl (C=O) groups is 2. The second-order valence-corrected chi connectivity index (χ2v) is 8.71. The van der Waals surface area contributed by atoms with Gasteiger partial charge in [0, 0.05) is 37.8 Å². The first-order valence-corrected chi connectivity index (χ1v) is 10.5. The van der Waals surface area contributed by atoms with Crippen molar-refractivity contribution in [3.63, 3.8) is 0 Å². The molecule has 3 atom stereocenters. The number of nitrogens with one attached hydrogen (secondary N) is 1. The van der Waals surface area contributed by atoms with Crippen LogP contribution in [0.5, 0.6) is 0 Å². The Bertz CT molecular complexity index is 522. The molecule has 0 fully saturated rings. The molecule has 0 saturated carbocycles. The molecule has 0 aromatic rings. The molecule has 28 heavy (non-hydrogen) atoms. The highest BCUT2D eigenvalue weighted by atomic mass is 32.1. The number of carboxylic acid groups (broad SMARTS) is 1. The summed E-state index contributed by atoms with van der Waals surface area (Å²) in [4.78, 5) is 25.4. The Morgan fingerprint density at radius 2 is 1.89 bits per heavy atom. The fraction of sp³-hybridized carbons (Fsp3) is 0.800. The third-order valence-corrected chi connectivity index (χ3v) is 5.61. The number of carboxylic acids is 1. The van der Waals surface area contributed by atoms with Crippen LogP contribution in [0.4, 0.5) is 0 Å². The SMILES string of the molecule is CC[C@H](C)C/C=C/CC(=O)N(NCC(N)CS)[C@@](CCO)(C(=O)O)C(C)(C)C. The zero-order chi connectivity index (χ0) is 22.0. The van der Waals surface area contributed by atoms with Gasteiger partial charge in [-0.2, -0.15) is 12.6 Å². The summed E-state index contributed by atoms with van der Waals surface area (Å²) in [5, 5.41) is 20.9. The highest BCUT2D eigenvalue weighted by molar-refractivity contribution is 7.80. The Labute approximate surface area is 175 Å². The lowest BCUT2D eigenvalue weighted by Gasteiger charge is -2.48. The lowest BCUT2D eigenvalue weighted by molar-refractivity contribution is -0.176.